The molecule has 0 heterocycles. The largest absolute Gasteiger partial charge is 0.416 e. The number of rotatable bonds is 3. The Morgan fingerprint density at radius 2 is 1.69 bits per heavy atom. The lowest BCUT2D eigenvalue weighted by molar-refractivity contribution is -0.137. The van der Waals surface area contributed by atoms with Gasteiger partial charge in [-0.25, -0.2) is 0 Å². The van der Waals surface area contributed by atoms with Gasteiger partial charge < -0.3 is 5.11 Å². The zero-order valence-electron chi connectivity index (χ0n) is 9.25. The average molecular weight is 232 g/mol. The van der Waals surface area contributed by atoms with Crippen molar-refractivity contribution < 1.29 is 18.3 Å². The summed E-state index contributed by atoms with van der Waals surface area (Å²) in [5.74, 6) is 0.0386. The molecule has 2 atom stereocenters. The number of aliphatic hydroxyl groups is 1. The van der Waals surface area contributed by atoms with Gasteiger partial charge in [0.25, 0.3) is 0 Å². The molecule has 0 aromatic heterocycles. The molecule has 2 unspecified atom stereocenters. The molecule has 0 aliphatic heterocycles. The van der Waals surface area contributed by atoms with Gasteiger partial charge in [-0.1, -0.05) is 32.4 Å². The number of hydrogen-bond donors (Lipinski definition) is 1. The molecule has 0 spiro atoms. The van der Waals surface area contributed by atoms with Crippen molar-refractivity contribution in [3.63, 3.8) is 0 Å². The van der Waals surface area contributed by atoms with Crippen LogP contribution in [-0.2, 0) is 6.18 Å². The van der Waals surface area contributed by atoms with Gasteiger partial charge in [0, 0.05) is 0 Å². The molecule has 0 bridgehead atoms. The summed E-state index contributed by atoms with van der Waals surface area (Å²) in [6.45, 7) is 3.79. The highest BCUT2D eigenvalue weighted by Gasteiger charge is 2.30. The summed E-state index contributed by atoms with van der Waals surface area (Å²) < 4.78 is 36.8. The molecule has 1 N–H and O–H groups in total. The quantitative estimate of drug-likeness (QED) is 0.840. The molecule has 1 nitrogen and oxygen atoms in total. The Kier molecular flexibility index (Phi) is 3.97. The smallest absolute Gasteiger partial charge is 0.388 e. The fourth-order valence-corrected chi connectivity index (χ4v) is 1.42. The number of aliphatic hydroxyl groups excluding tert-OH is 1. The fraction of sp³-hybridized carbons (Fsp3) is 0.500. The van der Waals surface area contributed by atoms with Crippen molar-refractivity contribution in [1.29, 1.82) is 0 Å². The molecule has 4 heteroatoms. The Hall–Kier alpha value is -1.03. The first-order valence-electron chi connectivity index (χ1n) is 5.21. The summed E-state index contributed by atoms with van der Waals surface area (Å²) in [7, 11) is 0. The molecule has 0 aliphatic rings. The normalized spacial score (nSPS) is 15.9. The van der Waals surface area contributed by atoms with E-state index >= 15 is 0 Å². The molecule has 0 fully saturated rings. The third-order valence-corrected chi connectivity index (χ3v) is 2.76. The first-order valence-corrected chi connectivity index (χ1v) is 5.21. The van der Waals surface area contributed by atoms with Gasteiger partial charge in [-0.05, 0) is 23.6 Å². The standard InChI is InChI=1S/C12H15F3O/c1-3-8(2)11(16)9-4-6-10(7-5-9)12(13,14)15/h4-8,11,16H,3H2,1-2H3. The van der Waals surface area contributed by atoms with Crippen LogP contribution in [0.25, 0.3) is 0 Å². The third kappa shape index (κ3) is 2.98. The predicted molar refractivity (Wildman–Crippen MR) is 55.9 cm³/mol. The molecule has 0 saturated heterocycles. The monoisotopic (exact) mass is 232 g/mol. The Morgan fingerprint density at radius 1 is 1.19 bits per heavy atom. The van der Waals surface area contributed by atoms with E-state index in [1.54, 1.807) is 0 Å². The van der Waals surface area contributed by atoms with Crippen molar-refractivity contribution in [1.82, 2.24) is 0 Å². The predicted octanol–water partition coefficient (Wildman–Crippen LogP) is 3.78. The second-order valence-electron chi connectivity index (χ2n) is 3.95. The Morgan fingerprint density at radius 3 is 2.06 bits per heavy atom. The number of hydrogen-bond acceptors (Lipinski definition) is 1. The van der Waals surface area contributed by atoms with Crippen molar-refractivity contribution in [2.75, 3.05) is 0 Å². The SMILES string of the molecule is CCC(C)C(O)c1ccc(C(F)(F)F)cc1. The maximum atomic E-state index is 12.3. The summed E-state index contributed by atoms with van der Waals surface area (Å²) in [5, 5.41) is 9.80. The van der Waals surface area contributed by atoms with Gasteiger partial charge in [0.05, 0.1) is 11.7 Å². The molecular formula is C12H15F3O. The van der Waals surface area contributed by atoms with Crippen LogP contribution >= 0.6 is 0 Å². The number of halogens is 3. The van der Waals surface area contributed by atoms with E-state index in [2.05, 4.69) is 0 Å². The zero-order chi connectivity index (χ0) is 12.3. The lowest BCUT2D eigenvalue weighted by Gasteiger charge is -2.18. The molecule has 1 aromatic rings. The summed E-state index contributed by atoms with van der Waals surface area (Å²) >= 11 is 0. The van der Waals surface area contributed by atoms with Crippen LogP contribution in [0.15, 0.2) is 24.3 Å². The molecule has 1 rings (SSSR count). The molecule has 90 valence electrons. The summed E-state index contributed by atoms with van der Waals surface area (Å²) in [5.41, 5.74) is -0.157. The average Bonchev–Trinajstić information content (AvgIpc) is 2.26. The number of alkyl halides is 3. The second kappa shape index (κ2) is 4.87. The van der Waals surface area contributed by atoms with E-state index in [0.29, 0.717) is 5.56 Å². The first-order chi connectivity index (χ1) is 7.36. The lowest BCUT2D eigenvalue weighted by atomic mass is 9.95. The van der Waals surface area contributed by atoms with Crippen molar-refractivity contribution in [2.45, 2.75) is 32.5 Å². The summed E-state index contributed by atoms with van der Waals surface area (Å²) in [6.07, 6.45) is -4.24. The van der Waals surface area contributed by atoms with Crippen LogP contribution < -0.4 is 0 Å². The Labute approximate surface area is 92.9 Å². The van der Waals surface area contributed by atoms with Gasteiger partial charge in [0.15, 0.2) is 0 Å². The topological polar surface area (TPSA) is 20.2 Å². The van der Waals surface area contributed by atoms with Crippen molar-refractivity contribution >= 4 is 0 Å². The minimum absolute atomic E-state index is 0.0386. The Balaban J connectivity index is 2.87. The molecule has 16 heavy (non-hydrogen) atoms. The minimum atomic E-state index is -4.32. The van der Waals surface area contributed by atoms with E-state index < -0.39 is 17.8 Å². The van der Waals surface area contributed by atoms with Gasteiger partial charge in [0.1, 0.15) is 0 Å². The van der Waals surface area contributed by atoms with Crippen LogP contribution in [0, 0.1) is 5.92 Å². The van der Waals surface area contributed by atoms with Gasteiger partial charge in [-0.3, -0.25) is 0 Å². The van der Waals surface area contributed by atoms with Crippen LogP contribution in [0.5, 0.6) is 0 Å². The van der Waals surface area contributed by atoms with Crippen LogP contribution in [0.3, 0.4) is 0 Å². The van der Waals surface area contributed by atoms with Crippen LogP contribution in [0.4, 0.5) is 13.2 Å². The van der Waals surface area contributed by atoms with Crippen molar-refractivity contribution in [3.8, 4) is 0 Å². The molecule has 0 saturated carbocycles. The van der Waals surface area contributed by atoms with Crippen LogP contribution in [0.1, 0.15) is 37.5 Å². The lowest BCUT2D eigenvalue weighted by Crippen LogP contribution is -2.09. The number of benzene rings is 1. The van der Waals surface area contributed by atoms with Crippen LogP contribution in [-0.4, -0.2) is 5.11 Å². The molecule has 1 aromatic carbocycles. The first kappa shape index (κ1) is 13.0. The molecule has 0 radical (unpaired) electrons. The van der Waals surface area contributed by atoms with Gasteiger partial charge in [0.2, 0.25) is 0 Å². The van der Waals surface area contributed by atoms with Gasteiger partial charge in [-0.2, -0.15) is 13.2 Å². The zero-order valence-corrected chi connectivity index (χ0v) is 9.25. The van der Waals surface area contributed by atoms with E-state index in [1.165, 1.54) is 12.1 Å². The van der Waals surface area contributed by atoms with Crippen molar-refractivity contribution in [3.05, 3.63) is 35.4 Å². The highest BCUT2D eigenvalue weighted by atomic mass is 19.4. The Bertz CT molecular complexity index is 329. The highest BCUT2D eigenvalue weighted by molar-refractivity contribution is 5.26. The molecule has 0 aliphatic carbocycles. The van der Waals surface area contributed by atoms with E-state index in [1.807, 2.05) is 13.8 Å². The van der Waals surface area contributed by atoms with Gasteiger partial charge in [-0.15, -0.1) is 0 Å². The maximum Gasteiger partial charge on any atom is 0.416 e. The van der Waals surface area contributed by atoms with Crippen LogP contribution in [0.2, 0.25) is 0 Å². The molecule has 0 amide bonds. The maximum absolute atomic E-state index is 12.3. The van der Waals surface area contributed by atoms with Crippen molar-refractivity contribution in [2.24, 2.45) is 5.92 Å². The van der Waals surface area contributed by atoms with E-state index in [9.17, 15) is 18.3 Å². The van der Waals surface area contributed by atoms with E-state index in [-0.39, 0.29) is 5.92 Å². The van der Waals surface area contributed by atoms with Gasteiger partial charge >= 0.3 is 6.18 Å². The minimum Gasteiger partial charge on any atom is -0.388 e. The second-order valence-corrected chi connectivity index (χ2v) is 3.95. The van der Waals surface area contributed by atoms with E-state index in [0.717, 1.165) is 18.6 Å². The summed E-state index contributed by atoms with van der Waals surface area (Å²) in [6, 6.07) is 4.67. The summed E-state index contributed by atoms with van der Waals surface area (Å²) in [4.78, 5) is 0. The highest BCUT2D eigenvalue weighted by Crippen LogP contribution is 2.31. The fourth-order valence-electron chi connectivity index (χ4n) is 1.42. The third-order valence-electron chi connectivity index (χ3n) is 2.76. The van der Waals surface area contributed by atoms with E-state index in [4.69, 9.17) is 0 Å². The molecular weight excluding hydrogens is 217 g/mol.